The van der Waals surface area contributed by atoms with Crippen molar-refractivity contribution >= 4 is 5.91 Å². The number of rotatable bonds is 6. The zero-order chi connectivity index (χ0) is 17.6. The van der Waals surface area contributed by atoms with Gasteiger partial charge in [0.25, 0.3) is 5.91 Å². The van der Waals surface area contributed by atoms with Crippen LogP contribution in [0.5, 0.6) is 5.75 Å². The lowest BCUT2D eigenvalue weighted by molar-refractivity contribution is -0.128. The molecule has 2 aromatic rings. The van der Waals surface area contributed by atoms with Gasteiger partial charge in [0.2, 0.25) is 0 Å². The van der Waals surface area contributed by atoms with E-state index in [4.69, 9.17) is 4.74 Å². The Labute approximate surface area is 150 Å². The van der Waals surface area contributed by atoms with Gasteiger partial charge in [0.05, 0.1) is 6.04 Å². The zero-order valence-electron chi connectivity index (χ0n) is 15.1. The lowest BCUT2D eigenvalue weighted by Gasteiger charge is -2.22. The van der Waals surface area contributed by atoms with Crippen LogP contribution in [0.3, 0.4) is 0 Å². The molecule has 0 saturated carbocycles. The number of hydrogen-bond acceptors (Lipinski definition) is 2. The molecule has 2 atom stereocenters. The Morgan fingerprint density at radius 3 is 2.52 bits per heavy atom. The molecule has 0 spiro atoms. The summed E-state index contributed by atoms with van der Waals surface area (Å²) in [5, 5.41) is 3.07. The van der Waals surface area contributed by atoms with Crippen molar-refractivity contribution < 1.29 is 9.53 Å². The third-order valence-corrected chi connectivity index (χ3v) is 4.92. The molecular weight excluding hydrogens is 310 g/mol. The molecule has 0 bridgehead atoms. The predicted molar refractivity (Wildman–Crippen MR) is 101 cm³/mol. The number of amides is 1. The Balaban J connectivity index is 1.64. The molecule has 0 aromatic heterocycles. The van der Waals surface area contributed by atoms with Crippen LogP contribution in [-0.2, 0) is 17.6 Å². The minimum absolute atomic E-state index is 0.0325. The van der Waals surface area contributed by atoms with E-state index in [0.717, 1.165) is 24.2 Å². The number of fused-ring (bicyclic) bond motifs is 1. The van der Waals surface area contributed by atoms with E-state index in [0.29, 0.717) is 6.42 Å². The summed E-state index contributed by atoms with van der Waals surface area (Å²) in [4.78, 5) is 12.6. The van der Waals surface area contributed by atoms with E-state index >= 15 is 0 Å². The molecular formula is C22H27NO2. The van der Waals surface area contributed by atoms with E-state index in [-0.39, 0.29) is 11.9 Å². The third-order valence-electron chi connectivity index (χ3n) is 4.92. The topological polar surface area (TPSA) is 38.3 Å². The van der Waals surface area contributed by atoms with Gasteiger partial charge in [-0.2, -0.15) is 0 Å². The van der Waals surface area contributed by atoms with Gasteiger partial charge in [-0.15, -0.1) is 0 Å². The van der Waals surface area contributed by atoms with Crippen LogP contribution in [0.25, 0.3) is 0 Å². The van der Waals surface area contributed by atoms with E-state index in [1.807, 2.05) is 50.2 Å². The Hall–Kier alpha value is -2.29. The van der Waals surface area contributed by atoms with E-state index in [1.54, 1.807) is 0 Å². The van der Waals surface area contributed by atoms with Crippen LogP contribution in [0.15, 0.2) is 48.5 Å². The average Bonchev–Trinajstić information content (AvgIpc) is 2.66. The fourth-order valence-electron chi connectivity index (χ4n) is 3.40. The van der Waals surface area contributed by atoms with Crippen molar-refractivity contribution in [1.82, 2.24) is 5.32 Å². The maximum absolute atomic E-state index is 12.6. The van der Waals surface area contributed by atoms with Crippen molar-refractivity contribution in [3.05, 3.63) is 65.2 Å². The molecule has 1 aliphatic carbocycles. The molecule has 0 fully saturated rings. The molecule has 0 heterocycles. The highest BCUT2D eigenvalue weighted by molar-refractivity contribution is 5.81. The Kier molecular flexibility index (Phi) is 5.75. The average molecular weight is 337 g/mol. The number of carbonyl (C=O) groups is 1. The Morgan fingerprint density at radius 1 is 1.08 bits per heavy atom. The molecule has 3 heteroatoms. The lowest BCUT2D eigenvalue weighted by Crippen LogP contribution is -2.39. The fourth-order valence-corrected chi connectivity index (χ4v) is 3.40. The molecule has 25 heavy (non-hydrogen) atoms. The van der Waals surface area contributed by atoms with Gasteiger partial charge in [0.1, 0.15) is 5.75 Å². The number of benzene rings is 2. The highest BCUT2D eigenvalue weighted by atomic mass is 16.5. The summed E-state index contributed by atoms with van der Waals surface area (Å²) in [5.41, 5.74) is 3.89. The maximum Gasteiger partial charge on any atom is 0.261 e. The first-order valence-electron chi connectivity index (χ1n) is 9.31. The van der Waals surface area contributed by atoms with Crippen molar-refractivity contribution in [2.75, 3.05) is 0 Å². The SMILES string of the molecule is CC[C@H](Oc1ccc2c(c1)CCCC2)C(=O)N[C@@H](C)c1ccccc1. The zero-order valence-corrected chi connectivity index (χ0v) is 15.1. The summed E-state index contributed by atoms with van der Waals surface area (Å²) in [7, 11) is 0. The molecule has 0 radical (unpaired) electrons. The summed E-state index contributed by atoms with van der Waals surface area (Å²) in [6.45, 7) is 3.98. The minimum Gasteiger partial charge on any atom is -0.481 e. The molecule has 132 valence electrons. The van der Waals surface area contributed by atoms with Crippen LogP contribution in [0.2, 0.25) is 0 Å². The van der Waals surface area contributed by atoms with Crippen molar-refractivity contribution in [3.8, 4) is 5.75 Å². The van der Waals surface area contributed by atoms with Gasteiger partial charge in [-0.25, -0.2) is 0 Å². The van der Waals surface area contributed by atoms with Gasteiger partial charge >= 0.3 is 0 Å². The van der Waals surface area contributed by atoms with Gasteiger partial charge in [-0.05, 0) is 67.9 Å². The largest absolute Gasteiger partial charge is 0.481 e. The summed E-state index contributed by atoms with van der Waals surface area (Å²) in [6, 6.07) is 16.2. The first-order valence-corrected chi connectivity index (χ1v) is 9.31. The molecule has 0 aliphatic heterocycles. The van der Waals surface area contributed by atoms with Gasteiger partial charge in [0, 0.05) is 0 Å². The van der Waals surface area contributed by atoms with Crippen LogP contribution >= 0.6 is 0 Å². The maximum atomic E-state index is 12.6. The standard InChI is InChI=1S/C22H27NO2/c1-3-21(22(24)23-16(2)17-9-5-4-6-10-17)25-20-14-13-18-11-7-8-12-19(18)15-20/h4-6,9-10,13-16,21H,3,7-8,11-12H2,1-2H3,(H,23,24)/t16-,21-/m0/s1. The van der Waals surface area contributed by atoms with E-state index < -0.39 is 6.10 Å². The van der Waals surface area contributed by atoms with Gasteiger partial charge in [-0.3, -0.25) is 4.79 Å². The van der Waals surface area contributed by atoms with Crippen LogP contribution < -0.4 is 10.1 Å². The van der Waals surface area contributed by atoms with Crippen LogP contribution in [0.4, 0.5) is 0 Å². The first-order chi connectivity index (χ1) is 12.2. The molecule has 3 nitrogen and oxygen atoms in total. The second-order valence-corrected chi connectivity index (χ2v) is 6.79. The lowest BCUT2D eigenvalue weighted by atomic mass is 9.92. The van der Waals surface area contributed by atoms with Crippen molar-refractivity contribution in [2.45, 2.75) is 58.1 Å². The predicted octanol–water partition coefficient (Wildman–Crippen LogP) is 4.60. The third kappa shape index (κ3) is 4.41. The molecule has 0 unspecified atom stereocenters. The summed E-state index contributed by atoms with van der Waals surface area (Å²) >= 11 is 0. The second-order valence-electron chi connectivity index (χ2n) is 6.79. The molecule has 2 aromatic carbocycles. The van der Waals surface area contributed by atoms with Crippen molar-refractivity contribution in [2.24, 2.45) is 0 Å². The van der Waals surface area contributed by atoms with E-state index in [1.165, 1.54) is 24.0 Å². The van der Waals surface area contributed by atoms with Crippen LogP contribution in [0, 0.1) is 0 Å². The molecule has 1 aliphatic rings. The Morgan fingerprint density at radius 2 is 1.80 bits per heavy atom. The van der Waals surface area contributed by atoms with Crippen molar-refractivity contribution in [1.29, 1.82) is 0 Å². The normalized spacial score (nSPS) is 15.8. The van der Waals surface area contributed by atoms with E-state index in [9.17, 15) is 4.79 Å². The smallest absolute Gasteiger partial charge is 0.261 e. The fraction of sp³-hybridized carbons (Fsp3) is 0.409. The number of nitrogens with one attached hydrogen (secondary N) is 1. The molecule has 0 saturated heterocycles. The van der Waals surface area contributed by atoms with Gasteiger partial charge < -0.3 is 10.1 Å². The van der Waals surface area contributed by atoms with Crippen LogP contribution in [0.1, 0.15) is 55.8 Å². The van der Waals surface area contributed by atoms with Crippen molar-refractivity contribution in [3.63, 3.8) is 0 Å². The number of ether oxygens (including phenoxy) is 1. The van der Waals surface area contributed by atoms with Gasteiger partial charge in [-0.1, -0.05) is 43.3 Å². The van der Waals surface area contributed by atoms with E-state index in [2.05, 4.69) is 17.4 Å². The van der Waals surface area contributed by atoms with Gasteiger partial charge in [0.15, 0.2) is 6.10 Å². The monoisotopic (exact) mass is 337 g/mol. The first kappa shape index (κ1) is 17.5. The molecule has 1 N–H and O–H groups in total. The summed E-state index contributed by atoms with van der Waals surface area (Å²) in [5.74, 6) is 0.742. The highest BCUT2D eigenvalue weighted by Crippen LogP contribution is 2.26. The number of hydrogen-bond donors (Lipinski definition) is 1. The second kappa shape index (κ2) is 8.19. The molecule has 3 rings (SSSR count). The number of aryl methyl sites for hydroxylation is 2. The minimum atomic E-state index is -0.465. The quantitative estimate of drug-likeness (QED) is 0.836. The highest BCUT2D eigenvalue weighted by Gasteiger charge is 2.21. The van der Waals surface area contributed by atoms with Crippen LogP contribution in [-0.4, -0.2) is 12.0 Å². The molecule has 1 amide bonds. The Bertz CT molecular complexity index is 711. The summed E-state index contributed by atoms with van der Waals surface area (Å²) < 4.78 is 6.02. The number of carbonyl (C=O) groups excluding carboxylic acids is 1. The summed E-state index contributed by atoms with van der Waals surface area (Å²) in [6.07, 6.45) is 4.95.